The van der Waals surface area contributed by atoms with Crippen LogP contribution in [0.5, 0.6) is 0 Å². The van der Waals surface area contributed by atoms with Crippen LogP contribution >= 0.6 is 0 Å². The first-order chi connectivity index (χ1) is 12.8. The first kappa shape index (κ1) is 18.3. The number of hydrogen-bond donors (Lipinski definition) is 2. The van der Waals surface area contributed by atoms with Crippen molar-refractivity contribution in [2.24, 2.45) is 10.5 Å². The molecule has 2 fully saturated rings. The van der Waals surface area contributed by atoms with E-state index in [1.165, 1.54) is 17.5 Å². The quantitative estimate of drug-likeness (QED) is 0.566. The van der Waals surface area contributed by atoms with E-state index in [4.69, 9.17) is 11.3 Å². The van der Waals surface area contributed by atoms with E-state index in [9.17, 15) is 4.79 Å². The van der Waals surface area contributed by atoms with Crippen LogP contribution in [0.15, 0.2) is 17.2 Å². The zero-order chi connectivity index (χ0) is 19.4. The molecule has 0 saturated carbocycles. The van der Waals surface area contributed by atoms with Crippen LogP contribution in [0.4, 0.5) is 16.2 Å². The molecule has 2 aliphatic heterocycles. The van der Waals surface area contributed by atoms with Gasteiger partial charge < -0.3 is 15.5 Å². The minimum absolute atomic E-state index is 0.0564. The van der Waals surface area contributed by atoms with E-state index < -0.39 is 0 Å². The predicted molar refractivity (Wildman–Crippen MR) is 106 cm³/mol. The Hall–Kier alpha value is -2.11. The number of nitrogens with one attached hydrogen (secondary N) is 1. The minimum Gasteiger partial charge on any atom is -0.397 e. The first-order valence-corrected chi connectivity index (χ1v) is 10.2. The Balaban J connectivity index is 1.74. The third kappa shape index (κ3) is 2.56. The molecule has 2 saturated heterocycles. The summed E-state index contributed by atoms with van der Waals surface area (Å²) in [7, 11) is 0. The Bertz CT molecular complexity index is 783. The van der Waals surface area contributed by atoms with E-state index >= 15 is 0 Å². The molecule has 0 spiro atoms. The van der Waals surface area contributed by atoms with Crippen LogP contribution in [0.3, 0.4) is 0 Å². The summed E-state index contributed by atoms with van der Waals surface area (Å²) in [5, 5.41) is 3.62. The van der Waals surface area contributed by atoms with Crippen molar-refractivity contribution in [2.75, 3.05) is 25.4 Å². The maximum absolute atomic E-state index is 13.3. The fraction of sp³-hybridized carbons (Fsp3) is 0.667. The summed E-state index contributed by atoms with van der Waals surface area (Å²) in [5.41, 5.74) is 17.0. The molecule has 146 valence electrons. The molecule has 27 heavy (non-hydrogen) atoms. The average molecular weight is 370 g/mol. The van der Waals surface area contributed by atoms with Gasteiger partial charge in [-0.15, -0.1) is 0 Å². The third-order valence-electron chi connectivity index (χ3n) is 7.74. The second-order valence-corrected chi connectivity index (χ2v) is 9.23. The Morgan fingerprint density at radius 3 is 2.56 bits per heavy atom. The molecule has 6 heteroatoms. The standard InChI is InChI=1S/C21H31N5O/c1-20(2)18-12-14-11-16(22)17(24-23)13-15(14)21(20,3)7-10-26(18)19(27)25-8-5-4-6-9-25/h11,13,18,23H,4-10,12,22H2,1-3H3/t18-,21+/m1/s1. The molecule has 4 rings (SSSR count). The number of carbonyl (C=O) groups excluding carboxylic acids is 1. The van der Waals surface area contributed by atoms with E-state index in [-0.39, 0.29) is 22.9 Å². The van der Waals surface area contributed by atoms with Gasteiger partial charge in [-0.2, -0.15) is 5.11 Å². The Labute approximate surface area is 161 Å². The zero-order valence-corrected chi connectivity index (χ0v) is 16.7. The molecule has 0 radical (unpaired) electrons. The van der Waals surface area contributed by atoms with Crippen molar-refractivity contribution in [2.45, 2.75) is 64.3 Å². The number of carbonyl (C=O) groups is 1. The molecule has 3 aliphatic rings. The maximum atomic E-state index is 13.3. The normalized spacial score (nSPS) is 29.2. The van der Waals surface area contributed by atoms with Gasteiger partial charge in [0.1, 0.15) is 5.69 Å². The van der Waals surface area contributed by atoms with Gasteiger partial charge in [0.25, 0.3) is 0 Å². The van der Waals surface area contributed by atoms with Gasteiger partial charge in [0.05, 0.1) is 5.69 Å². The topological polar surface area (TPSA) is 85.8 Å². The maximum Gasteiger partial charge on any atom is 0.320 e. The Kier molecular flexibility index (Phi) is 4.20. The van der Waals surface area contributed by atoms with Crippen molar-refractivity contribution in [1.82, 2.24) is 9.80 Å². The number of nitrogens with zero attached hydrogens (tertiary/aromatic N) is 3. The number of anilines is 1. The van der Waals surface area contributed by atoms with Crippen LogP contribution < -0.4 is 5.73 Å². The van der Waals surface area contributed by atoms with Crippen LogP contribution in [-0.4, -0.2) is 41.5 Å². The van der Waals surface area contributed by atoms with E-state index in [2.05, 4.69) is 30.8 Å². The number of urea groups is 1. The van der Waals surface area contributed by atoms with Gasteiger partial charge in [-0.25, -0.2) is 10.3 Å². The molecule has 0 aromatic heterocycles. The lowest BCUT2D eigenvalue weighted by Crippen LogP contribution is -2.66. The fourth-order valence-corrected chi connectivity index (χ4v) is 5.56. The zero-order valence-electron chi connectivity index (χ0n) is 16.7. The number of amides is 2. The van der Waals surface area contributed by atoms with E-state index in [1.54, 1.807) is 0 Å². The van der Waals surface area contributed by atoms with Crippen LogP contribution in [0.2, 0.25) is 0 Å². The average Bonchev–Trinajstić information content (AvgIpc) is 2.65. The number of nitrogens with two attached hydrogens (primary N) is 1. The summed E-state index contributed by atoms with van der Waals surface area (Å²) in [5.74, 6) is 0. The summed E-state index contributed by atoms with van der Waals surface area (Å²) < 4.78 is 0. The van der Waals surface area contributed by atoms with Gasteiger partial charge >= 0.3 is 6.03 Å². The van der Waals surface area contributed by atoms with Crippen LogP contribution in [0, 0.1) is 10.9 Å². The van der Waals surface area contributed by atoms with Gasteiger partial charge in [-0.05, 0) is 60.8 Å². The highest BCUT2D eigenvalue weighted by molar-refractivity contribution is 5.76. The molecule has 2 heterocycles. The molecule has 2 bridgehead atoms. The summed E-state index contributed by atoms with van der Waals surface area (Å²) in [4.78, 5) is 17.5. The lowest BCUT2D eigenvalue weighted by Gasteiger charge is -2.61. The molecular formula is C21H31N5O. The van der Waals surface area contributed by atoms with Gasteiger partial charge in [0.2, 0.25) is 0 Å². The fourth-order valence-electron chi connectivity index (χ4n) is 5.56. The number of hydrogen-bond acceptors (Lipinski definition) is 4. The van der Waals surface area contributed by atoms with Gasteiger partial charge in [0, 0.05) is 31.1 Å². The Morgan fingerprint density at radius 2 is 1.89 bits per heavy atom. The van der Waals surface area contributed by atoms with Gasteiger partial charge in [0.15, 0.2) is 0 Å². The highest BCUT2D eigenvalue weighted by Crippen LogP contribution is 2.57. The molecular weight excluding hydrogens is 338 g/mol. The number of likely N-dealkylation sites (tertiary alicyclic amines) is 2. The summed E-state index contributed by atoms with van der Waals surface area (Å²) in [6.07, 6.45) is 5.20. The van der Waals surface area contributed by atoms with E-state index in [0.717, 1.165) is 45.3 Å². The largest absolute Gasteiger partial charge is 0.397 e. The molecule has 1 aromatic carbocycles. The summed E-state index contributed by atoms with van der Waals surface area (Å²) >= 11 is 0. The van der Waals surface area contributed by atoms with Crippen LogP contribution in [0.1, 0.15) is 57.6 Å². The van der Waals surface area contributed by atoms with Crippen molar-refractivity contribution in [3.8, 4) is 0 Å². The molecule has 6 nitrogen and oxygen atoms in total. The number of fused-ring (bicyclic) bond motifs is 4. The lowest BCUT2D eigenvalue weighted by atomic mass is 9.51. The molecule has 2 atom stereocenters. The van der Waals surface area contributed by atoms with Gasteiger partial charge in [-0.3, -0.25) is 0 Å². The van der Waals surface area contributed by atoms with E-state index in [1.807, 2.05) is 17.0 Å². The second-order valence-electron chi connectivity index (χ2n) is 9.23. The summed E-state index contributed by atoms with van der Waals surface area (Å²) in [6, 6.07) is 4.37. The predicted octanol–water partition coefficient (Wildman–Crippen LogP) is 4.45. The molecule has 2 amide bonds. The third-order valence-corrected chi connectivity index (χ3v) is 7.74. The number of piperidine rings is 2. The number of rotatable bonds is 1. The summed E-state index contributed by atoms with van der Waals surface area (Å²) in [6.45, 7) is 9.46. The van der Waals surface area contributed by atoms with Gasteiger partial charge in [-0.1, -0.05) is 20.8 Å². The second kappa shape index (κ2) is 6.21. The highest BCUT2D eigenvalue weighted by Gasteiger charge is 2.57. The van der Waals surface area contributed by atoms with Crippen molar-refractivity contribution in [3.63, 3.8) is 0 Å². The molecule has 0 unspecified atom stereocenters. The SMILES string of the molecule is CC1(C)[C@H]2Cc3cc(N)c(N=N)cc3[C@]1(C)CCN2C(=O)N1CCCCC1. The van der Waals surface area contributed by atoms with Crippen molar-refractivity contribution in [3.05, 3.63) is 23.3 Å². The van der Waals surface area contributed by atoms with Crippen LogP contribution in [-0.2, 0) is 11.8 Å². The van der Waals surface area contributed by atoms with E-state index in [0.29, 0.717) is 11.4 Å². The van der Waals surface area contributed by atoms with Crippen molar-refractivity contribution < 1.29 is 4.79 Å². The molecule has 3 N–H and O–H groups in total. The Morgan fingerprint density at radius 1 is 1.19 bits per heavy atom. The molecule has 1 aliphatic carbocycles. The lowest BCUT2D eigenvalue weighted by molar-refractivity contribution is -0.0241. The first-order valence-electron chi connectivity index (χ1n) is 10.2. The molecule has 1 aromatic rings. The number of nitrogen functional groups attached to an aromatic ring is 1. The smallest absolute Gasteiger partial charge is 0.320 e. The van der Waals surface area contributed by atoms with Crippen LogP contribution in [0.25, 0.3) is 0 Å². The highest BCUT2D eigenvalue weighted by atomic mass is 16.2. The van der Waals surface area contributed by atoms with Crippen molar-refractivity contribution >= 4 is 17.4 Å². The minimum atomic E-state index is -0.0585. The monoisotopic (exact) mass is 369 g/mol. The van der Waals surface area contributed by atoms with Crippen molar-refractivity contribution in [1.29, 1.82) is 5.53 Å². The number of benzene rings is 1.